The maximum atomic E-state index is 12.8. The van der Waals surface area contributed by atoms with Crippen LogP contribution in [0.1, 0.15) is 316 Å². The molecule has 0 amide bonds. The molecule has 0 bridgehead atoms. The lowest BCUT2D eigenvalue weighted by molar-refractivity contribution is -0.167. The van der Waals surface area contributed by atoms with Crippen molar-refractivity contribution in [1.82, 2.24) is 0 Å². The standard InChI is InChI=1S/C61H112O6/c1-4-7-10-13-16-19-22-25-28-29-30-31-34-36-39-42-45-48-51-54-60(63)66-57-58(67-61(64)55-52-49-46-43-40-37-33-27-24-21-18-15-12-9-6-3)56-65-59(62)53-50-47-44-41-38-35-32-26-23-20-17-14-11-8-5-2/h18,21,26-27,32-33,58H,4-17,19-20,22-25,28-31,34-57H2,1-3H3/b21-18-,32-26-,33-27-/t58-/m1/s1. The van der Waals surface area contributed by atoms with Crippen molar-refractivity contribution in [3.63, 3.8) is 0 Å². The first-order valence-electron chi connectivity index (χ1n) is 29.5. The predicted molar refractivity (Wildman–Crippen MR) is 289 cm³/mol. The molecule has 1 atom stereocenters. The van der Waals surface area contributed by atoms with E-state index in [1.807, 2.05) is 0 Å². The SMILES string of the molecule is CCCCC/C=C\C/C=C\CCCCCCCC(=O)O[C@H](COC(=O)CCCCCCC/C=C\CCCCCCCC)COC(=O)CCCCCCCCCCCCCCCCCCCCC. The lowest BCUT2D eigenvalue weighted by Gasteiger charge is -2.18. The summed E-state index contributed by atoms with van der Waals surface area (Å²) in [5, 5.41) is 0. The van der Waals surface area contributed by atoms with Crippen molar-refractivity contribution >= 4 is 17.9 Å². The van der Waals surface area contributed by atoms with Gasteiger partial charge < -0.3 is 14.2 Å². The van der Waals surface area contributed by atoms with Crippen molar-refractivity contribution in [2.75, 3.05) is 13.2 Å². The Labute approximate surface area is 416 Å². The quantitative estimate of drug-likeness (QED) is 0.0262. The number of rotatable bonds is 54. The molecule has 392 valence electrons. The molecule has 67 heavy (non-hydrogen) atoms. The molecule has 0 aliphatic carbocycles. The first-order valence-corrected chi connectivity index (χ1v) is 29.5. The van der Waals surface area contributed by atoms with Crippen LogP contribution in [0.5, 0.6) is 0 Å². The molecule has 0 saturated heterocycles. The van der Waals surface area contributed by atoms with Crippen LogP contribution in [0.3, 0.4) is 0 Å². The zero-order chi connectivity index (χ0) is 48.6. The summed E-state index contributed by atoms with van der Waals surface area (Å²) in [4.78, 5) is 38.2. The fourth-order valence-electron chi connectivity index (χ4n) is 8.65. The summed E-state index contributed by atoms with van der Waals surface area (Å²) < 4.78 is 16.9. The molecule has 0 saturated carbocycles. The average molecular weight is 942 g/mol. The molecule has 0 aromatic carbocycles. The first-order chi connectivity index (χ1) is 33.0. The first kappa shape index (κ1) is 64.6. The monoisotopic (exact) mass is 941 g/mol. The van der Waals surface area contributed by atoms with Crippen molar-refractivity contribution in [3.05, 3.63) is 36.5 Å². The van der Waals surface area contributed by atoms with Crippen LogP contribution in [0, 0.1) is 0 Å². The largest absolute Gasteiger partial charge is 0.462 e. The van der Waals surface area contributed by atoms with Gasteiger partial charge in [-0.15, -0.1) is 0 Å². The minimum absolute atomic E-state index is 0.0768. The van der Waals surface area contributed by atoms with E-state index in [1.165, 1.54) is 186 Å². The van der Waals surface area contributed by atoms with E-state index in [-0.39, 0.29) is 31.1 Å². The molecule has 6 nitrogen and oxygen atoms in total. The number of hydrogen-bond acceptors (Lipinski definition) is 6. The van der Waals surface area contributed by atoms with Gasteiger partial charge in [0.15, 0.2) is 6.10 Å². The van der Waals surface area contributed by atoms with Crippen molar-refractivity contribution in [2.24, 2.45) is 0 Å². The third-order valence-electron chi connectivity index (χ3n) is 13.1. The number of carbonyl (C=O) groups is 3. The van der Waals surface area contributed by atoms with Crippen molar-refractivity contribution in [3.8, 4) is 0 Å². The van der Waals surface area contributed by atoms with Gasteiger partial charge >= 0.3 is 17.9 Å². The van der Waals surface area contributed by atoms with Crippen molar-refractivity contribution in [2.45, 2.75) is 322 Å². The maximum Gasteiger partial charge on any atom is 0.306 e. The summed E-state index contributed by atoms with van der Waals surface area (Å²) in [6.07, 6.45) is 67.1. The van der Waals surface area contributed by atoms with Crippen molar-refractivity contribution in [1.29, 1.82) is 0 Å². The number of unbranched alkanes of at least 4 members (excludes halogenated alkanes) is 37. The second kappa shape index (κ2) is 56.2. The van der Waals surface area contributed by atoms with E-state index in [4.69, 9.17) is 14.2 Å². The number of hydrogen-bond donors (Lipinski definition) is 0. The molecule has 0 fully saturated rings. The van der Waals surface area contributed by atoms with E-state index in [9.17, 15) is 14.4 Å². The number of esters is 3. The van der Waals surface area contributed by atoms with Crippen LogP contribution in [0.2, 0.25) is 0 Å². The molecular weight excluding hydrogens is 829 g/mol. The summed E-state index contributed by atoms with van der Waals surface area (Å²) in [5.74, 6) is -0.881. The Morgan fingerprint density at radius 2 is 0.537 bits per heavy atom. The Bertz CT molecular complexity index is 1130. The van der Waals surface area contributed by atoms with Crippen LogP contribution < -0.4 is 0 Å². The molecule has 0 N–H and O–H groups in total. The fourth-order valence-corrected chi connectivity index (χ4v) is 8.65. The zero-order valence-electron chi connectivity index (χ0n) is 44.9. The lowest BCUT2D eigenvalue weighted by atomic mass is 10.0. The van der Waals surface area contributed by atoms with E-state index in [1.54, 1.807) is 0 Å². The molecule has 0 heterocycles. The van der Waals surface area contributed by atoms with Gasteiger partial charge in [-0.2, -0.15) is 0 Å². The average Bonchev–Trinajstić information content (AvgIpc) is 3.33. The fraction of sp³-hybridized carbons (Fsp3) is 0.852. The van der Waals surface area contributed by atoms with Crippen LogP contribution >= 0.6 is 0 Å². The second-order valence-corrected chi connectivity index (χ2v) is 19.9. The van der Waals surface area contributed by atoms with Gasteiger partial charge in [0.1, 0.15) is 13.2 Å². The van der Waals surface area contributed by atoms with Crippen LogP contribution in [0.4, 0.5) is 0 Å². The third-order valence-corrected chi connectivity index (χ3v) is 13.1. The molecular formula is C61H112O6. The number of ether oxygens (including phenoxy) is 3. The van der Waals surface area contributed by atoms with Gasteiger partial charge in [0.2, 0.25) is 0 Å². The second-order valence-electron chi connectivity index (χ2n) is 19.9. The minimum Gasteiger partial charge on any atom is -0.462 e. The molecule has 0 unspecified atom stereocenters. The summed E-state index contributed by atoms with van der Waals surface area (Å²) in [6.45, 7) is 6.63. The molecule has 0 radical (unpaired) electrons. The highest BCUT2D eigenvalue weighted by Crippen LogP contribution is 2.17. The van der Waals surface area contributed by atoms with Gasteiger partial charge in [0.25, 0.3) is 0 Å². The molecule has 0 aliphatic heterocycles. The van der Waals surface area contributed by atoms with Gasteiger partial charge in [0.05, 0.1) is 0 Å². The van der Waals surface area contributed by atoms with Gasteiger partial charge in [0, 0.05) is 19.3 Å². The highest BCUT2D eigenvalue weighted by molar-refractivity contribution is 5.71. The Morgan fingerprint density at radius 3 is 0.866 bits per heavy atom. The van der Waals surface area contributed by atoms with Gasteiger partial charge in [-0.3, -0.25) is 14.4 Å². The normalized spacial score (nSPS) is 12.2. The summed E-state index contributed by atoms with van der Waals surface area (Å²) in [7, 11) is 0. The molecule has 6 heteroatoms. The Hall–Kier alpha value is -2.37. The molecule has 0 aromatic rings. The predicted octanol–water partition coefficient (Wildman–Crippen LogP) is 19.7. The Kier molecular flexibility index (Phi) is 54.2. The summed E-state index contributed by atoms with van der Waals surface area (Å²) in [6, 6.07) is 0. The van der Waals surface area contributed by atoms with Crippen LogP contribution in [0.15, 0.2) is 36.5 Å². The van der Waals surface area contributed by atoms with Crippen LogP contribution in [-0.2, 0) is 28.6 Å². The summed E-state index contributed by atoms with van der Waals surface area (Å²) >= 11 is 0. The number of allylic oxidation sites excluding steroid dienone is 6. The van der Waals surface area contributed by atoms with Crippen LogP contribution in [-0.4, -0.2) is 37.2 Å². The highest BCUT2D eigenvalue weighted by Gasteiger charge is 2.19. The lowest BCUT2D eigenvalue weighted by Crippen LogP contribution is -2.30. The molecule has 0 spiro atoms. The smallest absolute Gasteiger partial charge is 0.306 e. The van der Waals surface area contributed by atoms with Crippen molar-refractivity contribution < 1.29 is 28.6 Å². The Balaban J connectivity index is 4.34. The topological polar surface area (TPSA) is 78.9 Å². The third kappa shape index (κ3) is 54.4. The number of carbonyl (C=O) groups excluding carboxylic acids is 3. The van der Waals surface area contributed by atoms with E-state index in [0.717, 1.165) is 89.9 Å². The van der Waals surface area contributed by atoms with E-state index in [0.29, 0.717) is 19.3 Å². The molecule has 0 rings (SSSR count). The van der Waals surface area contributed by atoms with Gasteiger partial charge in [-0.05, 0) is 77.0 Å². The minimum atomic E-state index is -0.780. The zero-order valence-corrected chi connectivity index (χ0v) is 44.9. The van der Waals surface area contributed by atoms with E-state index >= 15 is 0 Å². The molecule has 0 aromatic heterocycles. The summed E-state index contributed by atoms with van der Waals surface area (Å²) in [5.41, 5.74) is 0. The van der Waals surface area contributed by atoms with E-state index in [2.05, 4.69) is 57.2 Å². The Morgan fingerprint density at radius 1 is 0.299 bits per heavy atom. The van der Waals surface area contributed by atoms with Gasteiger partial charge in [-0.25, -0.2) is 0 Å². The van der Waals surface area contributed by atoms with Gasteiger partial charge in [-0.1, -0.05) is 256 Å². The molecule has 0 aliphatic rings. The maximum absolute atomic E-state index is 12.8. The highest BCUT2D eigenvalue weighted by atomic mass is 16.6. The van der Waals surface area contributed by atoms with Crippen LogP contribution in [0.25, 0.3) is 0 Å². The van der Waals surface area contributed by atoms with E-state index < -0.39 is 6.10 Å².